The van der Waals surface area contributed by atoms with Gasteiger partial charge >= 0.3 is 0 Å². The first-order valence-electron chi connectivity index (χ1n) is 10.9. The van der Waals surface area contributed by atoms with Gasteiger partial charge in [0, 0.05) is 0 Å². The van der Waals surface area contributed by atoms with Crippen LogP contribution in [-0.2, 0) is 0 Å². The van der Waals surface area contributed by atoms with Gasteiger partial charge < -0.3 is 5.32 Å². The molecule has 0 aromatic heterocycles. The number of hydrogen-bond donors (Lipinski definition) is 1. The van der Waals surface area contributed by atoms with Crippen LogP contribution in [0.15, 0.2) is 60.8 Å². The maximum atomic E-state index is 3.38. The molecule has 0 saturated carbocycles. The topological polar surface area (TPSA) is 12.0 Å². The smallest absolute Gasteiger partial charge is 0.00490 e. The van der Waals surface area contributed by atoms with Gasteiger partial charge in [0.05, 0.1) is 0 Å². The standard InChI is InChI=1S/C25H43N/c1-3-5-6-7-8-9-10-11-12-13-14-15-16-17-18-19-20-21-22-23-24-25-26-4-2/h5-6,8-9,11-12,14-15,17-18,26H,3-4,7,10,13,16,19-25H2,1-2H3/b6-5-,9-8-,12-11-,15-14-,18-17-. The summed E-state index contributed by atoms with van der Waals surface area (Å²) in [5.41, 5.74) is 0. The Kier molecular flexibility index (Phi) is 22.4. The quantitative estimate of drug-likeness (QED) is 0.196. The second kappa shape index (κ2) is 23.7. The van der Waals surface area contributed by atoms with Crippen molar-refractivity contribution in [3.8, 4) is 0 Å². The Morgan fingerprint density at radius 2 is 0.962 bits per heavy atom. The maximum Gasteiger partial charge on any atom is -0.00490 e. The highest BCUT2D eigenvalue weighted by atomic mass is 14.8. The third-order valence-electron chi connectivity index (χ3n) is 4.13. The van der Waals surface area contributed by atoms with Crippen molar-refractivity contribution in [2.24, 2.45) is 0 Å². The molecule has 0 saturated heterocycles. The van der Waals surface area contributed by atoms with Crippen molar-refractivity contribution in [3.63, 3.8) is 0 Å². The predicted molar refractivity (Wildman–Crippen MR) is 121 cm³/mol. The van der Waals surface area contributed by atoms with Crippen molar-refractivity contribution in [2.75, 3.05) is 13.1 Å². The van der Waals surface area contributed by atoms with Crippen molar-refractivity contribution in [1.29, 1.82) is 0 Å². The molecule has 0 heterocycles. The summed E-state index contributed by atoms with van der Waals surface area (Å²) in [6.45, 7) is 6.63. The lowest BCUT2D eigenvalue weighted by atomic mass is 10.1. The molecule has 0 radical (unpaired) electrons. The summed E-state index contributed by atoms with van der Waals surface area (Å²) in [6, 6.07) is 0. The van der Waals surface area contributed by atoms with Crippen molar-refractivity contribution < 1.29 is 0 Å². The molecular formula is C25H43N. The van der Waals surface area contributed by atoms with Gasteiger partial charge in [-0.3, -0.25) is 0 Å². The van der Waals surface area contributed by atoms with Crippen molar-refractivity contribution in [1.82, 2.24) is 5.32 Å². The summed E-state index contributed by atoms with van der Waals surface area (Å²) in [5, 5.41) is 3.38. The third-order valence-corrected chi connectivity index (χ3v) is 4.13. The van der Waals surface area contributed by atoms with E-state index in [1.807, 2.05) is 0 Å². The lowest BCUT2D eigenvalue weighted by Crippen LogP contribution is -2.13. The molecule has 0 rings (SSSR count). The summed E-state index contributed by atoms with van der Waals surface area (Å²) < 4.78 is 0. The molecule has 0 bridgehead atoms. The fraction of sp³-hybridized carbons (Fsp3) is 0.600. The van der Waals surface area contributed by atoms with Crippen LogP contribution in [0.2, 0.25) is 0 Å². The lowest BCUT2D eigenvalue weighted by molar-refractivity contribution is 0.585. The van der Waals surface area contributed by atoms with E-state index in [0.29, 0.717) is 0 Å². The number of hydrogen-bond acceptors (Lipinski definition) is 1. The van der Waals surface area contributed by atoms with Crippen LogP contribution >= 0.6 is 0 Å². The minimum absolute atomic E-state index is 1.04. The van der Waals surface area contributed by atoms with Gasteiger partial charge in [-0.05, 0) is 64.5 Å². The monoisotopic (exact) mass is 357 g/mol. The minimum atomic E-state index is 1.04. The Hall–Kier alpha value is -1.34. The van der Waals surface area contributed by atoms with Crippen LogP contribution in [0.4, 0.5) is 0 Å². The minimum Gasteiger partial charge on any atom is -0.317 e. The summed E-state index contributed by atoms with van der Waals surface area (Å²) in [5.74, 6) is 0. The normalized spacial score (nSPS) is 12.8. The summed E-state index contributed by atoms with van der Waals surface area (Å²) in [6.07, 6.45) is 36.0. The second-order valence-electron chi connectivity index (χ2n) is 6.62. The number of unbranched alkanes of at least 4 members (excludes halogenated alkanes) is 5. The molecule has 0 aliphatic heterocycles. The molecule has 0 fully saturated rings. The van der Waals surface area contributed by atoms with E-state index < -0.39 is 0 Å². The van der Waals surface area contributed by atoms with Gasteiger partial charge in [0.25, 0.3) is 0 Å². The van der Waals surface area contributed by atoms with Gasteiger partial charge in [0.15, 0.2) is 0 Å². The van der Waals surface area contributed by atoms with E-state index in [0.717, 1.165) is 38.6 Å². The van der Waals surface area contributed by atoms with Crippen LogP contribution < -0.4 is 5.32 Å². The van der Waals surface area contributed by atoms with Crippen LogP contribution in [0.5, 0.6) is 0 Å². The highest BCUT2D eigenvalue weighted by Gasteiger charge is 1.89. The Morgan fingerprint density at radius 3 is 1.50 bits per heavy atom. The van der Waals surface area contributed by atoms with E-state index in [-0.39, 0.29) is 0 Å². The highest BCUT2D eigenvalue weighted by molar-refractivity contribution is 5.00. The molecule has 148 valence electrons. The third kappa shape index (κ3) is 22.7. The zero-order valence-electron chi connectivity index (χ0n) is 17.5. The van der Waals surface area contributed by atoms with Gasteiger partial charge in [-0.25, -0.2) is 0 Å². The van der Waals surface area contributed by atoms with E-state index in [1.165, 1.54) is 45.1 Å². The van der Waals surface area contributed by atoms with E-state index >= 15 is 0 Å². The van der Waals surface area contributed by atoms with Gasteiger partial charge in [0.2, 0.25) is 0 Å². The molecule has 0 unspecified atom stereocenters. The largest absolute Gasteiger partial charge is 0.317 e. The van der Waals surface area contributed by atoms with Crippen molar-refractivity contribution in [2.45, 2.75) is 84.5 Å². The zero-order chi connectivity index (χ0) is 19.0. The van der Waals surface area contributed by atoms with Crippen molar-refractivity contribution in [3.05, 3.63) is 60.8 Å². The number of nitrogens with one attached hydrogen (secondary N) is 1. The van der Waals surface area contributed by atoms with Crippen LogP contribution in [0, 0.1) is 0 Å². The Labute approximate surface area is 164 Å². The Bertz CT molecular complexity index is 398. The van der Waals surface area contributed by atoms with E-state index in [1.54, 1.807) is 0 Å². The molecule has 26 heavy (non-hydrogen) atoms. The highest BCUT2D eigenvalue weighted by Crippen LogP contribution is 2.06. The van der Waals surface area contributed by atoms with Crippen LogP contribution in [-0.4, -0.2) is 13.1 Å². The fourth-order valence-electron chi connectivity index (χ4n) is 2.59. The molecule has 1 heteroatoms. The first-order valence-corrected chi connectivity index (χ1v) is 10.9. The summed E-state index contributed by atoms with van der Waals surface area (Å²) >= 11 is 0. The van der Waals surface area contributed by atoms with Crippen molar-refractivity contribution >= 4 is 0 Å². The molecule has 0 aliphatic rings. The van der Waals surface area contributed by atoms with Crippen LogP contribution in [0.3, 0.4) is 0 Å². The number of rotatable bonds is 18. The molecular weight excluding hydrogens is 314 g/mol. The second-order valence-corrected chi connectivity index (χ2v) is 6.62. The first-order chi connectivity index (χ1) is 12.9. The number of allylic oxidation sites excluding steroid dienone is 10. The first kappa shape index (κ1) is 24.7. The van der Waals surface area contributed by atoms with E-state index in [9.17, 15) is 0 Å². The SMILES string of the molecule is CC/C=C\C/C=C\C/C=C\C/C=C\C/C=C\CCCCCCCNCC. The van der Waals surface area contributed by atoms with Gasteiger partial charge in [-0.1, -0.05) is 93.9 Å². The Morgan fingerprint density at radius 1 is 0.500 bits per heavy atom. The van der Waals surface area contributed by atoms with Gasteiger partial charge in [0.1, 0.15) is 0 Å². The molecule has 0 atom stereocenters. The zero-order valence-corrected chi connectivity index (χ0v) is 17.5. The van der Waals surface area contributed by atoms with Crippen LogP contribution in [0.1, 0.15) is 84.5 Å². The molecule has 0 spiro atoms. The summed E-state index contributed by atoms with van der Waals surface area (Å²) in [7, 11) is 0. The Balaban J connectivity index is 3.35. The van der Waals surface area contributed by atoms with E-state index in [4.69, 9.17) is 0 Å². The predicted octanol–water partition coefficient (Wildman–Crippen LogP) is 7.69. The van der Waals surface area contributed by atoms with Gasteiger partial charge in [-0.15, -0.1) is 0 Å². The average Bonchev–Trinajstić information content (AvgIpc) is 2.66. The molecule has 0 aliphatic carbocycles. The average molecular weight is 358 g/mol. The summed E-state index contributed by atoms with van der Waals surface area (Å²) in [4.78, 5) is 0. The van der Waals surface area contributed by atoms with E-state index in [2.05, 4.69) is 79.9 Å². The maximum absolute atomic E-state index is 3.38. The van der Waals surface area contributed by atoms with Gasteiger partial charge in [-0.2, -0.15) is 0 Å². The fourth-order valence-corrected chi connectivity index (χ4v) is 2.59. The molecule has 1 nitrogen and oxygen atoms in total. The lowest BCUT2D eigenvalue weighted by Gasteiger charge is -2.01. The molecule has 0 amide bonds. The van der Waals surface area contributed by atoms with Crippen LogP contribution in [0.25, 0.3) is 0 Å². The molecule has 0 aromatic rings. The molecule has 1 N–H and O–H groups in total. The molecule has 0 aromatic carbocycles.